The van der Waals surface area contributed by atoms with Gasteiger partial charge in [0.2, 0.25) is 11.8 Å². The standard InChI is InChI=1S/C14H21N3O2S/c15-14(19)10-4-1-2-5-11(10)17-12(18)6-3-7-13-16-8-9-20-13/h8-11H,1-7H2,(H2,15,19)(H,17,18)/t10-,11-/m0/s1. The molecule has 0 radical (unpaired) electrons. The van der Waals surface area contributed by atoms with Gasteiger partial charge in [0.25, 0.3) is 0 Å². The fraction of sp³-hybridized carbons (Fsp3) is 0.643. The summed E-state index contributed by atoms with van der Waals surface area (Å²) in [4.78, 5) is 27.5. The summed E-state index contributed by atoms with van der Waals surface area (Å²) in [6, 6.07) is -0.0754. The first-order chi connectivity index (χ1) is 9.66. The molecule has 20 heavy (non-hydrogen) atoms. The highest BCUT2D eigenvalue weighted by Gasteiger charge is 2.30. The van der Waals surface area contributed by atoms with Gasteiger partial charge in [0.15, 0.2) is 0 Å². The Bertz CT molecular complexity index is 447. The average Bonchev–Trinajstić information content (AvgIpc) is 2.92. The summed E-state index contributed by atoms with van der Waals surface area (Å²) < 4.78 is 0. The SMILES string of the molecule is NC(=O)[C@H]1CCCC[C@@H]1NC(=O)CCCc1nccs1. The third-order valence-electron chi connectivity index (χ3n) is 3.76. The lowest BCUT2D eigenvalue weighted by Crippen LogP contribution is -2.47. The molecule has 2 rings (SSSR count). The summed E-state index contributed by atoms with van der Waals surface area (Å²) in [5.41, 5.74) is 5.40. The number of aromatic nitrogens is 1. The van der Waals surface area contributed by atoms with Crippen LogP contribution in [0.3, 0.4) is 0 Å². The molecule has 1 aliphatic rings. The molecule has 1 aliphatic carbocycles. The number of amides is 2. The maximum absolute atomic E-state index is 11.9. The first-order valence-electron chi connectivity index (χ1n) is 7.14. The van der Waals surface area contributed by atoms with Gasteiger partial charge >= 0.3 is 0 Å². The molecule has 0 unspecified atom stereocenters. The van der Waals surface area contributed by atoms with Crippen LogP contribution >= 0.6 is 11.3 Å². The van der Waals surface area contributed by atoms with Crippen LogP contribution in [-0.2, 0) is 16.0 Å². The molecule has 2 amide bonds. The van der Waals surface area contributed by atoms with Gasteiger partial charge in [-0.15, -0.1) is 11.3 Å². The quantitative estimate of drug-likeness (QED) is 0.836. The van der Waals surface area contributed by atoms with Crippen molar-refractivity contribution in [2.24, 2.45) is 11.7 Å². The van der Waals surface area contributed by atoms with E-state index in [2.05, 4.69) is 10.3 Å². The number of rotatable bonds is 6. The highest BCUT2D eigenvalue weighted by Crippen LogP contribution is 2.24. The highest BCUT2D eigenvalue weighted by atomic mass is 32.1. The van der Waals surface area contributed by atoms with Gasteiger partial charge in [0, 0.05) is 24.0 Å². The molecule has 3 N–H and O–H groups in total. The van der Waals surface area contributed by atoms with Gasteiger partial charge in [-0.3, -0.25) is 9.59 Å². The zero-order valence-electron chi connectivity index (χ0n) is 11.5. The third kappa shape index (κ3) is 4.30. The second-order valence-electron chi connectivity index (χ2n) is 5.25. The molecule has 110 valence electrons. The Morgan fingerprint density at radius 2 is 2.20 bits per heavy atom. The van der Waals surface area contributed by atoms with Crippen LogP contribution in [0.5, 0.6) is 0 Å². The van der Waals surface area contributed by atoms with Gasteiger partial charge in [-0.05, 0) is 25.7 Å². The summed E-state index contributed by atoms with van der Waals surface area (Å²) in [7, 11) is 0. The third-order valence-corrected chi connectivity index (χ3v) is 4.60. The van der Waals surface area contributed by atoms with Crippen molar-refractivity contribution in [2.75, 3.05) is 0 Å². The Balaban J connectivity index is 1.73. The Kier molecular flexibility index (Phi) is 5.52. The van der Waals surface area contributed by atoms with E-state index >= 15 is 0 Å². The van der Waals surface area contributed by atoms with Crippen molar-refractivity contribution >= 4 is 23.2 Å². The predicted octanol–water partition coefficient (Wildman–Crippen LogP) is 1.63. The van der Waals surface area contributed by atoms with E-state index in [9.17, 15) is 9.59 Å². The Labute approximate surface area is 123 Å². The van der Waals surface area contributed by atoms with E-state index in [0.717, 1.165) is 43.5 Å². The highest BCUT2D eigenvalue weighted by molar-refractivity contribution is 7.09. The average molecular weight is 295 g/mol. The van der Waals surface area contributed by atoms with Crippen molar-refractivity contribution < 1.29 is 9.59 Å². The van der Waals surface area contributed by atoms with E-state index in [0.29, 0.717) is 6.42 Å². The number of primary amides is 1. The van der Waals surface area contributed by atoms with Crippen LogP contribution in [0.25, 0.3) is 0 Å². The molecule has 1 fully saturated rings. The van der Waals surface area contributed by atoms with Gasteiger partial charge in [-0.1, -0.05) is 12.8 Å². The van der Waals surface area contributed by atoms with Gasteiger partial charge in [0.05, 0.1) is 10.9 Å². The van der Waals surface area contributed by atoms with Crippen molar-refractivity contribution in [3.63, 3.8) is 0 Å². The maximum atomic E-state index is 11.9. The van der Waals surface area contributed by atoms with E-state index in [-0.39, 0.29) is 23.8 Å². The largest absolute Gasteiger partial charge is 0.369 e. The minimum Gasteiger partial charge on any atom is -0.369 e. The summed E-state index contributed by atoms with van der Waals surface area (Å²) >= 11 is 1.61. The lowest BCUT2D eigenvalue weighted by Gasteiger charge is -2.29. The molecule has 5 nitrogen and oxygen atoms in total. The van der Waals surface area contributed by atoms with E-state index in [1.807, 2.05) is 5.38 Å². The number of nitrogens with two attached hydrogens (primary N) is 1. The first kappa shape index (κ1) is 15.0. The summed E-state index contributed by atoms with van der Waals surface area (Å²) in [5, 5.41) is 5.97. The Morgan fingerprint density at radius 3 is 2.90 bits per heavy atom. The molecule has 6 heteroatoms. The maximum Gasteiger partial charge on any atom is 0.222 e. The molecule has 1 saturated carbocycles. The van der Waals surface area contributed by atoms with E-state index in [1.54, 1.807) is 17.5 Å². The Morgan fingerprint density at radius 1 is 1.40 bits per heavy atom. The smallest absolute Gasteiger partial charge is 0.222 e. The summed E-state index contributed by atoms with van der Waals surface area (Å²) in [5.74, 6) is -0.482. The second kappa shape index (κ2) is 7.38. The molecule has 1 heterocycles. The topological polar surface area (TPSA) is 85.1 Å². The van der Waals surface area contributed by atoms with Crippen LogP contribution in [0.2, 0.25) is 0 Å². The zero-order chi connectivity index (χ0) is 14.4. The molecule has 2 atom stereocenters. The second-order valence-corrected chi connectivity index (χ2v) is 6.23. The number of carbonyl (C=O) groups is 2. The van der Waals surface area contributed by atoms with Crippen molar-refractivity contribution in [3.05, 3.63) is 16.6 Å². The van der Waals surface area contributed by atoms with Crippen molar-refractivity contribution in [3.8, 4) is 0 Å². The van der Waals surface area contributed by atoms with Crippen LogP contribution in [0, 0.1) is 5.92 Å². The number of nitrogens with zero attached hydrogens (tertiary/aromatic N) is 1. The number of nitrogens with one attached hydrogen (secondary N) is 1. The number of hydrogen-bond acceptors (Lipinski definition) is 4. The van der Waals surface area contributed by atoms with Crippen LogP contribution in [0.1, 0.15) is 43.5 Å². The van der Waals surface area contributed by atoms with Crippen LogP contribution in [-0.4, -0.2) is 22.8 Å². The van der Waals surface area contributed by atoms with Crippen molar-refractivity contribution in [1.82, 2.24) is 10.3 Å². The fourth-order valence-corrected chi connectivity index (χ4v) is 3.36. The summed E-state index contributed by atoms with van der Waals surface area (Å²) in [6.45, 7) is 0. The normalized spacial score (nSPS) is 22.4. The molecule has 0 bridgehead atoms. The Hall–Kier alpha value is -1.43. The predicted molar refractivity (Wildman–Crippen MR) is 78.1 cm³/mol. The van der Waals surface area contributed by atoms with E-state index in [4.69, 9.17) is 5.73 Å². The number of hydrogen-bond donors (Lipinski definition) is 2. The molecule has 1 aromatic rings. The van der Waals surface area contributed by atoms with Gasteiger partial charge in [0.1, 0.15) is 0 Å². The minimum atomic E-state index is -0.294. The lowest BCUT2D eigenvalue weighted by atomic mass is 9.84. The molecular formula is C14H21N3O2S. The van der Waals surface area contributed by atoms with Crippen LogP contribution in [0.4, 0.5) is 0 Å². The van der Waals surface area contributed by atoms with Gasteiger partial charge < -0.3 is 11.1 Å². The minimum absolute atomic E-state index is 0.0136. The molecule has 0 aromatic carbocycles. The molecular weight excluding hydrogens is 274 g/mol. The number of aryl methyl sites for hydroxylation is 1. The van der Waals surface area contributed by atoms with Crippen molar-refractivity contribution in [1.29, 1.82) is 0 Å². The number of carbonyl (C=O) groups excluding carboxylic acids is 2. The van der Waals surface area contributed by atoms with E-state index in [1.165, 1.54) is 0 Å². The van der Waals surface area contributed by atoms with Crippen molar-refractivity contribution in [2.45, 2.75) is 51.0 Å². The van der Waals surface area contributed by atoms with Crippen LogP contribution < -0.4 is 11.1 Å². The molecule has 1 aromatic heterocycles. The summed E-state index contributed by atoms with van der Waals surface area (Å²) in [6.07, 6.45) is 7.58. The van der Waals surface area contributed by atoms with Crippen LogP contribution in [0.15, 0.2) is 11.6 Å². The number of thiazole rings is 1. The fourth-order valence-electron chi connectivity index (χ4n) is 2.70. The molecule has 0 aliphatic heterocycles. The van der Waals surface area contributed by atoms with E-state index < -0.39 is 0 Å². The monoisotopic (exact) mass is 295 g/mol. The first-order valence-corrected chi connectivity index (χ1v) is 8.02. The van der Waals surface area contributed by atoms with Gasteiger partial charge in [-0.2, -0.15) is 0 Å². The lowest BCUT2D eigenvalue weighted by molar-refractivity contribution is -0.126. The zero-order valence-corrected chi connectivity index (χ0v) is 12.3. The van der Waals surface area contributed by atoms with Gasteiger partial charge in [-0.25, -0.2) is 4.98 Å². The molecule has 0 spiro atoms. The molecule has 0 saturated heterocycles.